The Hall–Kier alpha value is -1.30. The predicted octanol–water partition coefficient (Wildman–Crippen LogP) is 4.13. The van der Waals surface area contributed by atoms with Crippen LogP contribution in [0, 0.1) is 5.82 Å². The molecule has 0 aromatic heterocycles. The van der Waals surface area contributed by atoms with E-state index in [4.69, 9.17) is 0 Å². The Bertz CT molecular complexity index is 451. The summed E-state index contributed by atoms with van der Waals surface area (Å²) >= 11 is 0. The fourth-order valence-corrected chi connectivity index (χ4v) is 2.54. The number of hydrogen-bond acceptors (Lipinski definition) is 2. The van der Waals surface area contributed by atoms with E-state index in [1.54, 1.807) is 0 Å². The van der Waals surface area contributed by atoms with E-state index in [2.05, 4.69) is 10.2 Å². The van der Waals surface area contributed by atoms with E-state index in [0.717, 1.165) is 31.8 Å². The largest absolute Gasteiger partial charge is 0.416 e. The molecule has 2 nitrogen and oxygen atoms in total. The number of nitrogens with one attached hydrogen (secondary N) is 1. The molecule has 0 bridgehead atoms. The molecule has 0 aliphatic carbocycles. The van der Waals surface area contributed by atoms with Gasteiger partial charge in [0.15, 0.2) is 0 Å². The van der Waals surface area contributed by atoms with Crippen LogP contribution in [0.2, 0.25) is 0 Å². The lowest BCUT2D eigenvalue weighted by atomic mass is 10.2. The maximum absolute atomic E-state index is 13.6. The van der Waals surface area contributed by atoms with Gasteiger partial charge in [-0.3, -0.25) is 0 Å². The average Bonchev–Trinajstić information content (AvgIpc) is 2.68. The van der Waals surface area contributed by atoms with E-state index in [9.17, 15) is 17.6 Å². The quantitative estimate of drug-likeness (QED) is 0.841. The molecule has 1 aliphatic heterocycles. The SMILES string of the molecule is Fc1cc(C(F)(F)F)ccc1NCCN1CCCCCC1. The van der Waals surface area contributed by atoms with Crippen LogP contribution < -0.4 is 5.32 Å². The zero-order chi connectivity index (χ0) is 15.3. The van der Waals surface area contributed by atoms with Crippen LogP contribution in [0.5, 0.6) is 0 Å². The van der Waals surface area contributed by atoms with E-state index in [-0.39, 0.29) is 5.69 Å². The van der Waals surface area contributed by atoms with Gasteiger partial charge in [-0.15, -0.1) is 0 Å². The fourth-order valence-electron chi connectivity index (χ4n) is 2.54. The molecule has 2 rings (SSSR count). The molecule has 1 fully saturated rings. The third kappa shape index (κ3) is 4.88. The highest BCUT2D eigenvalue weighted by atomic mass is 19.4. The van der Waals surface area contributed by atoms with Gasteiger partial charge in [0, 0.05) is 13.1 Å². The third-order valence-corrected chi connectivity index (χ3v) is 3.74. The molecule has 0 saturated carbocycles. The summed E-state index contributed by atoms with van der Waals surface area (Å²) in [6.07, 6.45) is 0.337. The zero-order valence-corrected chi connectivity index (χ0v) is 11.8. The Morgan fingerprint density at radius 2 is 1.71 bits per heavy atom. The molecule has 0 radical (unpaired) electrons. The highest BCUT2D eigenvalue weighted by molar-refractivity contribution is 5.46. The average molecular weight is 304 g/mol. The number of alkyl halides is 3. The summed E-state index contributed by atoms with van der Waals surface area (Å²) in [5.41, 5.74) is -0.837. The van der Waals surface area contributed by atoms with Crippen molar-refractivity contribution in [3.63, 3.8) is 0 Å². The minimum atomic E-state index is -4.51. The molecule has 1 aromatic carbocycles. The topological polar surface area (TPSA) is 15.3 Å². The smallest absolute Gasteiger partial charge is 0.381 e. The molecule has 1 saturated heterocycles. The number of halogens is 4. The van der Waals surface area contributed by atoms with Crippen molar-refractivity contribution >= 4 is 5.69 Å². The molecule has 1 heterocycles. The Kier molecular flexibility index (Phi) is 5.45. The van der Waals surface area contributed by atoms with Gasteiger partial charge in [-0.05, 0) is 44.1 Å². The van der Waals surface area contributed by atoms with Crippen molar-refractivity contribution in [2.24, 2.45) is 0 Å². The molecular weight excluding hydrogens is 284 g/mol. The summed E-state index contributed by atoms with van der Waals surface area (Å²) in [7, 11) is 0. The number of likely N-dealkylation sites (tertiary alicyclic amines) is 1. The summed E-state index contributed by atoms with van der Waals surface area (Å²) < 4.78 is 51.0. The van der Waals surface area contributed by atoms with E-state index in [1.807, 2.05) is 0 Å². The van der Waals surface area contributed by atoms with Crippen LogP contribution in [-0.4, -0.2) is 31.1 Å². The van der Waals surface area contributed by atoms with E-state index in [1.165, 1.54) is 25.7 Å². The Balaban J connectivity index is 1.85. The monoisotopic (exact) mass is 304 g/mol. The molecule has 1 aromatic rings. The Morgan fingerprint density at radius 3 is 2.29 bits per heavy atom. The number of nitrogens with zero attached hydrogens (tertiary/aromatic N) is 1. The van der Waals surface area contributed by atoms with Crippen molar-refractivity contribution in [1.82, 2.24) is 4.90 Å². The molecule has 0 amide bonds. The molecule has 6 heteroatoms. The van der Waals surface area contributed by atoms with Crippen LogP contribution in [0.4, 0.5) is 23.2 Å². The predicted molar refractivity (Wildman–Crippen MR) is 74.8 cm³/mol. The highest BCUT2D eigenvalue weighted by Crippen LogP contribution is 2.31. The van der Waals surface area contributed by atoms with Gasteiger partial charge in [0.25, 0.3) is 0 Å². The van der Waals surface area contributed by atoms with Crippen molar-refractivity contribution < 1.29 is 17.6 Å². The number of rotatable bonds is 4. The zero-order valence-electron chi connectivity index (χ0n) is 11.8. The lowest BCUT2D eigenvalue weighted by Crippen LogP contribution is -2.30. The van der Waals surface area contributed by atoms with Crippen LogP contribution in [0.25, 0.3) is 0 Å². The first-order valence-electron chi connectivity index (χ1n) is 7.30. The minimum Gasteiger partial charge on any atom is -0.381 e. The number of benzene rings is 1. The van der Waals surface area contributed by atoms with Crippen LogP contribution in [-0.2, 0) is 6.18 Å². The molecule has 0 unspecified atom stereocenters. The van der Waals surface area contributed by atoms with E-state index >= 15 is 0 Å². The second-order valence-corrected chi connectivity index (χ2v) is 5.38. The summed E-state index contributed by atoms with van der Waals surface area (Å²) in [6.45, 7) is 3.39. The van der Waals surface area contributed by atoms with Crippen molar-refractivity contribution in [3.8, 4) is 0 Å². The second kappa shape index (κ2) is 7.11. The maximum Gasteiger partial charge on any atom is 0.416 e. The van der Waals surface area contributed by atoms with E-state index < -0.39 is 17.6 Å². The van der Waals surface area contributed by atoms with Crippen molar-refractivity contribution in [2.75, 3.05) is 31.5 Å². The van der Waals surface area contributed by atoms with Crippen molar-refractivity contribution in [3.05, 3.63) is 29.6 Å². The van der Waals surface area contributed by atoms with Gasteiger partial charge in [0.1, 0.15) is 5.82 Å². The van der Waals surface area contributed by atoms with Gasteiger partial charge in [-0.1, -0.05) is 12.8 Å². The minimum absolute atomic E-state index is 0.123. The lowest BCUT2D eigenvalue weighted by Gasteiger charge is -2.20. The van der Waals surface area contributed by atoms with Gasteiger partial charge < -0.3 is 10.2 Å². The fraction of sp³-hybridized carbons (Fsp3) is 0.600. The molecule has 1 N–H and O–H groups in total. The van der Waals surface area contributed by atoms with Crippen LogP contribution in [0.3, 0.4) is 0 Å². The first-order valence-corrected chi connectivity index (χ1v) is 7.30. The molecule has 1 aliphatic rings. The second-order valence-electron chi connectivity index (χ2n) is 5.38. The van der Waals surface area contributed by atoms with E-state index in [0.29, 0.717) is 12.6 Å². The normalized spacial score (nSPS) is 17.5. The highest BCUT2D eigenvalue weighted by Gasteiger charge is 2.31. The van der Waals surface area contributed by atoms with Gasteiger partial charge in [0.2, 0.25) is 0 Å². The van der Waals surface area contributed by atoms with Gasteiger partial charge in [-0.25, -0.2) is 4.39 Å². The molecule has 0 spiro atoms. The maximum atomic E-state index is 13.6. The number of hydrogen-bond donors (Lipinski definition) is 1. The van der Waals surface area contributed by atoms with Crippen molar-refractivity contribution in [1.29, 1.82) is 0 Å². The third-order valence-electron chi connectivity index (χ3n) is 3.74. The van der Waals surface area contributed by atoms with Gasteiger partial charge >= 0.3 is 6.18 Å². The van der Waals surface area contributed by atoms with Crippen LogP contribution in [0.1, 0.15) is 31.2 Å². The van der Waals surface area contributed by atoms with Gasteiger partial charge in [0.05, 0.1) is 11.3 Å². The Morgan fingerprint density at radius 1 is 1.05 bits per heavy atom. The first kappa shape index (κ1) is 16.1. The summed E-state index contributed by atoms with van der Waals surface area (Å²) in [5.74, 6) is -0.860. The molecule has 0 atom stereocenters. The van der Waals surface area contributed by atoms with Crippen LogP contribution >= 0.6 is 0 Å². The lowest BCUT2D eigenvalue weighted by molar-refractivity contribution is -0.137. The number of anilines is 1. The summed E-state index contributed by atoms with van der Waals surface area (Å²) in [6, 6.07) is 2.59. The summed E-state index contributed by atoms with van der Waals surface area (Å²) in [4.78, 5) is 2.31. The van der Waals surface area contributed by atoms with Crippen LogP contribution in [0.15, 0.2) is 18.2 Å². The van der Waals surface area contributed by atoms with Crippen molar-refractivity contribution in [2.45, 2.75) is 31.9 Å². The summed E-state index contributed by atoms with van der Waals surface area (Å²) in [5, 5.41) is 2.88. The molecular formula is C15H20F4N2. The first-order chi connectivity index (χ1) is 9.97. The molecule has 118 valence electrons. The molecule has 21 heavy (non-hydrogen) atoms. The standard InChI is InChI=1S/C15H20F4N2/c16-13-11-12(15(17,18)19)5-6-14(13)20-7-10-21-8-3-1-2-4-9-21/h5-6,11,20H,1-4,7-10H2. The Labute approximate surface area is 122 Å². The van der Waals surface area contributed by atoms with Gasteiger partial charge in [-0.2, -0.15) is 13.2 Å².